The first kappa shape index (κ1) is 21.4. The first-order valence-electron chi connectivity index (χ1n) is 9.74. The second-order valence-electron chi connectivity index (χ2n) is 8.02. The Balaban J connectivity index is 1.80. The highest BCUT2D eigenvalue weighted by atomic mass is 19.1. The van der Waals surface area contributed by atoms with Crippen LogP contribution < -0.4 is 14.8 Å². The number of carbonyl (C=O) groups excluding carboxylic acids is 1. The molecule has 3 rings (SSSR count). The molecule has 3 aromatic rings. The molecule has 30 heavy (non-hydrogen) atoms. The zero-order valence-corrected chi connectivity index (χ0v) is 17.7. The highest BCUT2D eigenvalue weighted by Gasteiger charge is 2.19. The number of carbonyl (C=O) groups is 1. The van der Waals surface area contributed by atoms with E-state index >= 15 is 0 Å². The quantitative estimate of drug-likeness (QED) is 0.548. The van der Waals surface area contributed by atoms with Gasteiger partial charge in [0.2, 0.25) is 0 Å². The number of para-hydroxylation sites is 1. The van der Waals surface area contributed by atoms with Crippen molar-refractivity contribution in [3.05, 3.63) is 89.2 Å². The Hall–Kier alpha value is -3.34. The molecule has 4 nitrogen and oxygen atoms in total. The lowest BCUT2D eigenvalue weighted by Crippen LogP contribution is -2.14. The molecule has 1 amide bonds. The summed E-state index contributed by atoms with van der Waals surface area (Å²) in [5, 5.41) is 2.77. The van der Waals surface area contributed by atoms with Crippen LogP contribution in [0.3, 0.4) is 0 Å². The van der Waals surface area contributed by atoms with E-state index in [0.29, 0.717) is 17.0 Å². The molecule has 0 heterocycles. The van der Waals surface area contributed by atoms with Crippen molar-refractivity contribution in [2.45, 2.75) is 32.8 Å². The van der Waals surface area contributed by atoms with E-state index in [1.807, 2.05) is 18.2 Å². The van der Waals surface area contributed by atoms with Crippen molar-refractivity contribution in [2.75, 3.05) is 12.4 Å². The smallest absolute Gasteiger partial charge is 0.255 e. The number of methoxy groups -OCH3 is 1. The summed E-state index contributed by atoms with van der Waals surface area (Å²) in [7, 11) is 1.58. The minimum atomic E-state index is -0.354. The average Bonchev–Trinajstić information content (AvgIpc) is 2.73. The molecule has 3 aromatic carbocycles. The molecule has 0 unspecified atom stereocenters. The van der Waals surface area contributed by atoms with Crippen LogP contribution in [0.25, 0.3) is 0 Å². The van der Waals surface area contributed by atoms with Crippen molar-refractivity contribution >= 4 is 11.6 Å². The maximum absolute atomic E-state index is 13.1. The second kappa shape index (κ2) is 8.99. The van der Waals surface area contributed by atoms with Crippen molar-refractivity contribution in [3.63, 3.8) is 0 Å². The van der Waals surface area contributed by atoms with Gasteiger partial charge in [-0.05, 0) is 59.5 Å². The monoisotopic (exact) mass is 407 g/mol. The number of halogens is 1. The van der Waals surface area contributed by atoms with Crippen LogP contribution in [0.1, 0.15) is 42.3 Å². The zero-order valence-electron chi connectivity index (χ0n) is 17.7. The molecule has 0 aliphatic rings. The van der Waals surface area contributed by atoms with Gasteiger partial charge in [0.15, 0.2) is 0 Å². The van der Waals surface area contributed by atoms with E-state index in [1.165, 1.54) is 24.3 Å². The van der Waals surface area contributed by atoms with Crippen LogP contribution in [0.15, 0.2) is 66.7 Å². The fourth-order valence-electron chi connectivity index (χ4n) is 3.14. The number of rotatable bonds is 6. The lowest BCUT2D eigenvalue weighted by atomic mass is 9.86. The summed E-state index contributed by atoms with van der Waals surface area (Å²) >= 11 is 0. The molecule has 0 spiro atoms. The third kappa shape index (κ3) is 5.17. The van der Waals surface area contributed by atoms with Crippen LogP contribution in [0, 0.1) is 5.82 Å². The van der Waals surface area contributed by atoms with Crippen molar-refractivity contribution in [1.82, 2.24) is 0 Å². The van der Waals surface area contributed by atoms with E-state index in [4.69, 9.17) is 9.47 Å². The summed E-state index contributed by atoms with van der Waals surface area (Å²) in [6.07, 6.45) is 0. The van der Waals surface area contributed by atoms with E-state index in [0.717, 1.165) is 16.9 Å². The zero-order chi connectivity index (χ0) is 21.7. The standard InChI is InChI=1S/C25H26FNO3/c1-25(2,3)21-7-5-6-8-23(21)30-16-18-15-17(9-14-22(18)29-4)24(28)27-20-12-10-19(26)11-13-20/h5-15H,16H2,1-4H3,(H,27,28). The van der Waals surface area contributed by atoms with Crippen LogP contribution in [0.5, 0.6) is 11.5 Å². The molecular formula is C25H26FNO3. The van der Waals surface area contributed by atoms with Gasteiger partial charge >= 0.3 is 0 Å². The van der Waals surface area contributed by atoms with Gasteiger partial charge in [0.25, 0.3) is 5.91 Å². The molecule has 0 saturated carbocycles. The lowest BCUT2D eigenvalue weighted by molar-refractivity contribution is 0.102. The van der Waals surface area contributed by atoms with Gasteiger partial charge in [0.05, 0.1) is 7.11 Å². The van der Waals surface area contributed by atoms with E-state index in [9.17, 15) is 9.18 Å². The molecule has 1 N–H and O–H groups in total. The van der Waals surface area contributed by atoms with Gasteiger partial charge in [-0.3, -0.25) is 4.79 Å². The Morgan fingerprint density at radius 3 is 2.33 bits per heavy atom. The largest absolute Gasteiger partial charge is 0.496 e. The number of nitrogens with one attached hydrogen (secondary N) is 1. The Bertz CT molecular complexity index is 1020. The molecule has 0 radical (unpaired) electrons. The lowest BCUT2D eigenvalue weighted by Gasteiger charge is -2.23. The van der Waals surface area contributed by atoms with Gasteiger partial charge in [-0.15, -0.1) is 0 Å². The van der Waals surface area contributed by atoms with Gasteiger partial charge in [-0.2, -0.15) is 0 Å². The third-order valence-corrected chi connectivity index (χ3v) is 4.72. The van der Waals surface area contributed by atoms with Crippen LogP contribution >= 0.6 is 0 Å². The van der Waals surface area contributed by atoms with E-state index in [-0.39, 0.29) is 23.7 Å². The Morgan fingerprint density at radius 1 is 0.967 bits per heavy atom. The molecule has 0 bridgehead atoms. The molecule has 0 aliphatic carbocycles. The first-order chi connectivity index (χ1) is 14.3. The summed E-state index contributed by atoms with van der Waals surface area (Å²) in [4.78, 5) is 12.6. The molecular weight excluding hydrogens is 381 g/mol. The maximum atomic E-state index is 13.1. The maximum Gasteiger partial charge on any atom is 0.255 e. The highest BCUT2D eigenvalue weighted by Crippen LogP contribution is 2.32. The second-order valence-corrected chi connectivity index (χ2v) is 8.02. The van der Waals surface area contributed by atoms with Gasteiger partial charge in [0, 0.05) is 16.8 Å². The van der Waals surface area contributed by atoms with Crippen LogP contribution in [0.2, 0.25) is 0 Å². The minimum absolute atomic E-state index is 0.0580. The molecule has 0 atom stereocenters. The highest BCUT2D eigenvalue weighted by molar-refractivity contribution is 6.04. The summed E-state index contributed by atoms with van der Waals surface area (Å²) < 4.78 is 24.6. The number of anilines is 1. The summed E-state index contributed by atoms with van der Waals surface area (Å²) in [6, 6.07) is 18.7. The summed E-state index contributed by atoms with van der Waals surface area (Å²) in [5.74, 6) is 0.794. The molecule has 0 saturated heterocycles. The van der Waals surface area contributed by atoms with Crippen LogP contribution in [-0.4, -0.2) is 13.0 Å². The van der Waals surface area contributed by atoms with E-state index in [1.54, 1.807) is 25.3 Å². The van der Waals surface area contributed by atoms with E-state index in [2.05, 4.69) is 32.2 Å². The number of hydrogen-bond donors (Lipinski definition) is 1. The average molecular weight is 407 g/mol. The topological polar surface area (TPSA) is 47.6 Å². The number of ether oxygens (including phenoxy) is 2. The molecule has 0 aromatic heterocycles. The van der Waals surface area contributed by atoms with Crippen molar-refractivity contribution in [3.8, 4) is 11.5 Å². The molecule has 156 valence electrons. The van der Waals surface area contributed by atoms with Crippen molar-refractivity contribution in [2.24, 2.45) is 0 Å². The van der Waals surface area contributed by atoms with Crippen LogP contribution in [0.4, 0.5) is 10.1 Å². The van der Waals surface area contributed by atoms with Gasteiger partial charge in [-0.1, -0.05) is 39.0 Å². The Labute approximate surface area is 176 Å². The van der Waals surface area contributed by atoms with Crippen LogP contribution in [-0.2, 0) is 12.0 Å². The third-order valence-electron chi connectivity index (χ3n) is 4.72. The van der Waals surface area contributed by atoms with Crippen molar-refractivity contribution < 1.29 is 18.7 Å². The predicted molar refractivity (Wildman–Crippen MR) is 117 cm³/mol. The normalized spacial score (nSPS) is 11.1. The number of benzene rings is 3. The number of hydrogen-bond acceptors (Lipinski definition) is 3. The molecule has 0 aliphatic heterocycles. The molecule has 0 fully saturated rings. The van der Waals surface area contributed by atoms with Gasteiger partial charge in [-0.25, -0.2) is 4.39 Å². The fourth-order valence-corrected chi connectivity index (χ4v) is 3.14. The molecule has 5 heteroatoms. The Kier molecular flexibility index (Phi) is 6.40. The van der Waals surface area contributed by atoms with Gasteiger partial charge in [0.1, 0.15) is 23.9 Å². The minimum Gasteiger partial charge on any atom is -0.496 e. The van der Waals surface area contributed by atoms with Gasteiger partial charge < -0.3 is 14.8 Å². The summed E-state index contributed by atoms with van der Waals surface area (Å²) in [5.41, 5.74) is 2.79. The SMILES string of the molecule is COc1ccc(C(=O)Nc2ccc(F)cc2)cc1COc1ccccc1C(C)(C)C. The predicted octanol–water partition coefficient (Wildman–Crippen LogP) is 5.96. The number of amides is 1. The fraction of sp³-hybridized carbons (Fsp3) is 0.240. The van der Waals surface area contributed by atoms with E-state index < -0.39 is 0 Å². The van der Waals surface area contributed by atoms with Crippen molar-refractivity contribution in [1.29, 1.82) is 0 Å². The Morgan fingerprint density at radius 2 is 1.67 bits per heavy atom. The summed E-state index contributed by atoms with van der Waals surface area (Å²) in [6.45, 7) is 6.66. The first-order valence-corrected chi connectivity index (χ1v) is 9.74.